The van der Waals surface area contributed by atoms with Gasteiger partial charge in [-0.3, -0.25) is 4.68 Å². The van der Waals surface area contributed by atoms with Gasteiger partial charge in [0.1, 0.15) is 0 Å². The summed E-state index contributed by atoms with van der Waals surface area (Å²) < 4.78 is 1.76. The van der Waals surface area contributed by atoms with E-state index in [4.69, 9.17) is 17.3 Å². The molecule has 1 aliphatic rings. The van der Waals surface area contributed by atoms with E-state index in [0.29, 0.717) is 17.9 Å². The Morgan fingerprint density at radius 2 is 2.35 bits per heavy atom. The Balaban J connectivity index is 2.19. The van der Waals surface area contributed by atoms with E-state index in [1.807, 2.05) is 14.0 Å². The minimum atomic E-state index is -0.721. The van der Waals surface area contributed by atoms with Crippen molar-refractivity contribution in [3.05, 3.63) is 16.4 Å². The molecule has 3 N–H and O–H groups in total. The fraction of sp³-hybridized carbons (Fsp3) is 0.750. The number of halogens is 1. The summed E-state index contributed by atoms with van der Waals surface area (Å²) in [6.07, 6.45) is 3.96. The second-order valence-corrected chi connectivity index (χ2v) is 5.61. The monoisotopic (exact) mass is 257 g/mol. The lowest BCUT2D eigenvalue weighted by atomic mass is 9.79. The van der Waals surface area contributed by atoms with Gasteiger partial charge in [0.05, 0.1) is 22.0 Å². The van der Waals surface area contributed by atoms with Crippen LogP contribution >= 0.6 is 11.6 Å². The van der Waals surface area contributed by atoms with Crippen molar-refractivity contribution in [2.75, 3.05) is 0 Å². The Kier molecular flexibility index (Phi) is 3.48. The predicted octanol–water partition coefficient (Wildman–Crippen LogP) is 1.56. The lowest BCUT2D eigenvalue weighted by Crippen LogP contribution is -2.43. The summed E-state index contributed by atoms with van der Waals surface area (Å²) >= 11 is 6.21. The highest BCUT2D eigenvalue weighted by atomic mass is 35.5. The topological polar surface area (TPSA) is 64.1 Å². The third-order valence-electron chi connectivity index (χ3n) is 3.62. The maximum Gasteiger partial charge on any atom is 0.0848 e. The summed E-state index contributed by atoms with van der Waals surface area (Å²) in [5, 5.41) is 15.5. The van der Waals surface area contributed by atoms with Crippen molar-refractivity contribution < 1.29 is 5.11 Å². The average Bonchev–Trinajstić information content (AvgIpc) is 2.44. The first-order chi connectivity index (χ1) is 7.91. The normalized spacial score (nSPS) is 29.6. The number of rotatable bonds is 2. The van der Waals surface area contributed by atoms with Crippen molar-refractivity contribution in [3.63, 3.8) is 0 Å². The maximum atomic E-state index is 10.6. The van der Waals surface area contributed by atoms with E-state index in [9.17, 15) is 5.11 Å². The van der Waals surface area contributed by atoms with Gasteiger partial charge in [-0.1, -0.05) is 11.6 Å². The first-order valence-corrected chi connectivity index (χ1v) is 6.45. The molecule has 17 heavy (non-hydrogen) atoms. The SMILES string of the molecule is Cc1nn(C)c(CC2(O)CCCC(N)C2)c1Cl. The van der Waals surface area contributed by atoms with Crippen LogP contribution in [0.1, 0.15) is 37.1 Å². The van der Waals surface area contributed by atoms with Gasteiger partial charge in [-0.05, 0) is 32.6 Å². The number of aliphatic hydroxyl groups is 1. The van der Waals surface area contributed by atoms with Crippen LogP contribution in [0.3, 0.4) is 0 Å². The van der Waals surface area contributed by atoms with Crippen LogP contribution in [0, 0.1) is 6.92 Å². The molecular weight excluding hydrogens is 238 g/mol. The van der Waals surface area contributed by atoms with Crippen molar-refractivity contribution >= 4 is 11.6 Å². The summed E-state index contributed by atoms with van der Waals surface area (Å²) in [6, 6.07) is 0.0989. The van der Waals surface area contributed by atoms with Crippen LogP contribution in [0.25, 0.3) is 0 Å². The average molecular weight is 258 g/mol. The van der Waals surface area contributed by atoms with Crippen molar-refractivity contribution in [3.8, 4) is 0 Å². The number of hydrogen-bond donors (Lipinski definition) is 2. The van der Waals surface area contributed by atoms with E-state index in [0.717, 1.165) is 30.7 Å². The summed E-state index contributed by atoms with van der Waals surface area (Å²) in [5.74, 6) is 0. The van der Waals surface area contributed by atoms with Gasteiger partial charge in [0.2, 0.25) is 0 Å². The van der Waals surface area contributed by atoms with Crippen molar-refractivity contribution in [2.24, 2.45) is 12.8 Å². The molecule has 1 fully saturated rings. The second kappa shape index (κ2) is 4.59. The molecular formula is C12H20ClN3O. The van der Waals surface area contributed by atoms with Gasteiger partial charge in [-0.25, -0.2) is 0 Å². The Labute approximate surface area is 107 Å². The van der Waals surface area contributed by atoms with Crippen molar-refractivity contribution in [1.82, 2.24) is 9.78 Å². The van der Waals surface area contributed by atoms with Gasteiger partial charge in [0, 0.05) is 19.5 Å². The quantitative estimate of drug-likeness (QED) is 0.845. The molecule has 0 saturated heterocycles. The largest absolute Gasteiger partial charge is 0.389 e. The number of nitrogens with zero attached hydrogens (tertiary/aromatic N) is 2. The Morgan fingerprint density at radius 1 is 1.65 bits per heavy atom. The van der Waals surface area contributed by atoms with Gasteiger partial charge < -0.3 is 10.8 Å². The highest BCUT2D eigenvalue weighted by molar-refractivity contribution is 6.31. The number of aromatic nitrogens is 2. The van der Waals surface area contributed by atoms with Gasteiger partial charge in [-0.15, -0.1) is 0 Å². The minimum absolute atomic E-state index is 0.0989. The number of nitrogens with two attached hydrogens (primary N) is 1. The van der Waals surface area contributed by atoms with E-state index < -0.39 is 5.60 Å². The van der Waals surface area contributed by atoms with Gasteiger partial charge in [0.25, 0.3) is 0 Å². The van der Waals surface area contributed by atoms with Crippen molar-refractivity contribution in [2.45, 2.75) is 50.7 Å². The molecule has 1 saturated carbocycles. The summed E-state index contributed by atoms with van der Waals surface area (Å²) in [7, 11) is 1.86. The highest BCUT2D eigenvalue weighted by Crippen LogP contribution is 2.33. The molecule has 2 atom stereocenters. The highest BCUT2D eigenvalue weighted by Gasteiger charge is 2.34. The number of aryl methyl sites for hydroxylation is 2. The fourth-order valence-electron chi connectivity index (χ4n) is 2.73. The Hall–Kier alpha value is -0.580. The molecule has 4 nitrogen and oxygen atoms in total. The zero-order valence-corrected chi connectivity index (χ0v) is 11.2. The molecule has 0 aromatic carbocycles. The van der Waals surface area contributed by atoms with Crippen LogP contribution in [0.4, 0.5) is 0 Å². The zero-order chi connectivity index (χ0) is 12.6. The maximum absolute atomic E-state index is 10.6. The molecule has 0 aliphatic heterocycles. The smallest absolute Gasteiger partial charge is 0.0848 e. The summed E-state index contributed by atoms with van der Waals surface area (Å²) in [6.45, 7) is 1.88. The first kappa shape index (κ1) is 12.9. The van der Waals surface area contributed by atoms with Gasteiger partial charge in [-0.2, -0.15) is 5.10 Å². The lowest BCUT2D eigenvalue weighted by Gasteiger charge is -2.35. The predicted molar refractivity (Wildman–Crippen MR) is 68.1 cm³/mol. The van der Waals surface area contributed by atoms with Gasteiger partial charge in [0.15, 0.2) is 0 Å². The lowest BCUT2D eigenvalue weighted by molar-refractivity contribution is -0.00339. The molecule has 1 heterocycles. The third kappa shape index (κ3) is 2.64. The van der Waals surface area contributed by atoms with Crippen molar-refractivity contribution in [1.29, 1.82) is 0 Å². The molecule has 1 aromatic rings. The Morgan fingerprint density at radius 3 is 2.88 bits per heavy atom. The first-order valence-electron chi connectivity index (χ1n) is 6.07. The van der Waals surface area contributed by atoms with Crippen LogP contribution in [-0.2, 0) is 13.5 Å². The Bertz CT molecular complexity index is 418. The number of hydrogen-bond acceptors (Lipinski definition) is 3. The summed E-state index contributed by atoms with van der Waals surface area (Å²) in [5.41, 5.74) is 6.93. The standard InChI is InChI=1S/C12H20ClN3O/c1-8-11(13)10(16(2)15-8)7-12(17)5-3-4-9(14)6-12/h9,17H,3-7,14H2,1-2H3. The van der Waals surface area contributed by atoms with Crippen LogP contribution in [0.5, 0.6) is 0 Å². The van der Waals surface area contributed by atoms with E-state index in [-0.39, 0.29) is 6.04 Å². The molecule has 0 amide bonds. The fourth-order valence-corrected chi connectivity index (χ4v) is 2.96. The van der Waals surface area contributed by atoms with E-state index in [1.54, 1.807) is 4.68 Å². The molecule has 2 unspecified atom stereocenters. The molecule has 5 heteroatoms. The van der Waals surface area contributed by atoms with Crippen LogP contribution < -0.4 is 5.73 Å². The van der Waals surface area contributed by atoms with Crippen LogP contribution in [-0.4, -0.2) is 26.5 Å². The molecule has 1 aromatic heterocycles. The molecule has 0 radical (unpaired) electrons. The molecule has 1 aliphatic carbocycles. The van der Waals surface area contributed by atoms with E-state index in [1.165, 1.54) is 0 Å². The van der Waals surface area contributed by atoms with E-state index >= 15 is 0 Å². The van der Waals surface area contributed by atoms with Crippen LogP contribution in [0.2, 0.25) is 5.02 Å². The third-order valence-corrected chi connectivity index (χ3v) is 4.11. The minimum Gasteiger partial charge on any atom is -0.389 e. The van der Waals surface area contributed by atoms with E-state index in [2.05, 4.69) is 5.10 Å². The molecule has 2 rings (SSSR count). The molecule has 0 spiro atoms. The second-order valence-electron chi connectivity index (χ2n) is 5.23. The van der Waals surface area contributed by atoms with Crippen LogP contribution in [0.15, 0.2) is 0 Å². The van der Waals surface area contributed by atoms with Gasteiger partial charge >= 0.3 is 0 Å². The zero-order valence-electron chi connectivity index (χ0n) is 10.4. The molecule has 96 valence electrons. The summed E-state index contributed by atoms with van der Waals surface area (Å²) in [4.78, 5) is 0. The molecule has 0 bridgehead atoms.